The molecule has 0 aromatic heterocycles. The van der Waals surface area contributed by atoms with Crippen LogP contribution in [0.4, 0.5) is 15.8 Å². The summed E-state index contributed by atoms with van der Waals surface area (Å²) in [6.45, 7) is 5.20. The molecule has 2 saturated heterocycles. The number of hydrogen-bond acceptors (Lipinski definition) is 7. The molecule has 0 radical (unpaired) electrons. The van der Waals surface area contributed by atoms with Crippen LogP contribution in [0.1, 0.15) is 13.8 Å². The first kappa shape index (κ1) is 21.0. The van der Waals surface area contributed by atoms with E-state index in [9.17, 15) is 23.9 Å². The standard InChI is InChI=1S/C19H22FN3O5S/c1-3-28-19(27)16(18(25)26)17-23(11-29-17)13-4-5-14(20)15(10-13)22-8-6-21(7-9-22)12(2)24/h4-5,10H,3,6-9,11H2,1-2H3,(H,25,26). The van der Waals surface area contributed by atoms with Crippen molar-refractivity contribution in [1.82, 2.24) is 4.90 Å². The molecule has 0 spiro atoms. The number of carbonyl (C=O) groups is 3. The minimum absolute atomic E-state index is 0.00794. The minimum atomic E-state index is -1.36. The lowest BCUT2D eigenvalue weighted by atomic mass is 10.2. The number of nitrogens with zero attached hydrogens (tertiary/aromatic N) is 3. The summed E-state index contributed by atoms with van der Waals surface area (Å²) >= 11 is 1.22. The van der Waals surface area contributed by atoms with Crippen molar-refractivity contribution in [2.75, 3.05) is 48.5 Å². The quantitative estimate of drug-likeness (QED) is 0.332. The number of thioether (sulfide) groups is 1. The number of carboxylic acids is 1. The monoisotopic (exact) mass is 423 g/mol. The zero-order valence-electron chi connectivity index (χ0n) is 16.2. The molecule has 0 bridgehead atoms. The Hall–Kier alpha value is -2.75. The lowest BCUT2D eigenvalue weighted by Crippen LogP contribution is -2.48. The maximum absolute atomic E-state index is 14.5. The second-order valence-corrected chi connectivity index (χ2v) is 7.47. The molecular weight excluding hydrogens is 401 g/mol. The van der Waals surface area contributed by atoms with Crippen LogP contribution in [0, 0.1) is 5.82 Å². The van der Waals surface area contributed by atoms with Crippen LogP contribution in [0.5, 0.6) is 0 Å². The highest BCUT2D eigenvalue weighted by Gasteiger charge is 2.34. The first-order chi connectivity index (χ1) is 13.8. The molecule has 2 heterocycles. The molecule has 1 amide bonds. The van der Waals surface area contributed by atoms with Gasteiger partial charge in [-0.05, 0) is 25.1 Å². The number of esters is 1. The average Bonchev–Trinajstić information content (AvgIpc) is 2.66. The Balaban J connectivity index is 1.86. The molecule has 2 aliphatic rings. The van der Waals surface area contributed by atoms with Crippen molar-refractivity contribution in [1.29, 1.82) is 0 Å². The molecule has 1 aromatic carbocycles. The van der Waals surface area contributed by atoms with Gasteiger partial charge in [0.25, 0.3) is 0 Å². The number of ether oxygens (including phenoxy) is 1. The highest BCUT2D eigenvalue weighted by molar-refractivity contribution is 8.05. The van der Waals surface area contributed by atoms with Crippen LogP contribution < -0.4 is 9.80 Å². The summed E-state index contributed by atoms with van der Waals surface area (Å²) < 4.78 is 19.3. The molecule has 2 fully saturated rings. The van der Waals surface area contributed by atoms with Crippen LogP contribution in [-0.4, -0.2) is 66.5 Å². The van der Waals surface area contributed by atoms with Crippen molar-refractivity contribution in [3.05, 3.63) is 34.6 Å². The van der Waals surface area contributed by atoms with Crippen LogP contribution in [0.2, 0.25) is 0 Å². The first-order valence-corrected chi connectivity index (χ1v) is 10.2. The lowest BCUT2D eigenvalue weighted by molar-refractivity contribution is -0.144. The van der Waals surface area contributed by atoms with Gasteiger partial charge in [0, 0.05) is 38.8 Å². The summed E-state index contributed by atoms with van der Waals surface area (Å²) in [6.07, 6.45) is 0. The Bertz CT molecular complexity index is 867. The van der Waals surface area contributed by atoms with E-state index in [2.05, 4.69) is 0 Å². The Morgan fingerprint density at radius 3 is 2.41 bits per heavy atom. The Morgan fingerprint density at radius 2 is 1.90 bits per heavy atom. The van der Waals surface area contributed by atoms with Gasteiger partial charge in [0.05, 0.1) is 23.2 Å². The molecular formula is C19H22FN3O5S. The van der Waals surface area contributed by atoms with E-state index >= 15 is 0 Å². The van der Waals surface area contributed by atoms with Crippen LogP contribution in [0.3, 0.4) is 0 Å². The third kappa shape index (κ3) is 4.31. The normalized spacial score (nSPS) is 18.2. The van der Waals surface area contributed by atoms with Crippen molar-refractivity contribution in [3.63, 3.8) is 0 Å². The van der Waals surface area contributed by atoms with Gasteiger partial charge in [-0.3, -0.25) is 4.79 Å². The van der Waals surface area contributed by atoms with Crippen LogP contribution in [0.15, 0.2) is 28.8 Å². The van der Waals surface area contributed by atoms with E-state index in [1.54, 1.807) is 28.9 Å². The number of benzene rings is 1. The van der Waals surface area contributed by atoms with Gasteiger partial charge >= 0.3 is 11.9 Å². The summed E-state index contributed by atoms with van der Waals surface area (Å²) in [4.78, 5) is 40.3. The summed E-state index contributed by atoms with van der Waals surface area (Å²) in [5, 5.41) is 9.72. The van der Waals surface area contributed by atoms with Crippen LogP contribution >= 0.6 is 11.8 Å². The molecule has 0 unspecified atom stereocenters. The number of piperazine rings is 1. The zero-order chi connectivity index (χ0) is 21.1. The number of hydrogen-bond donors (Lipinski definition) is 1. The van der Waals surface area contributed by atoms with Crippen molar-refractivity contribution in [2.24, 2.45) is 0 Å². The fourth-order valence-electron chi connectivity index (χ4n) is 3.24. The number of halogens is 1. The van der Waals surface area contributed by atoms with Gasteiger partial charge in [0.2, 0.25) is 5.91 Å². The van der Waals surface area contributed by atoms with Crippen LogP contribution in [0.25, 0.3) is 0 Å². The van der Waals surface area contributed by atoms with Crippen LogP contribution in [-0.2, 0) is 19.1 Å². The van der Waals surface area contributed by atoms with Crippen molar-refractivity contribution < 1.29 is 28.6 Å². The predicted octanol–water partition coefficient (Wildman–Crippen LogP) is 1.86. The first-order valence-electron chi connectivity index (χ1n) is 9.18. The molecule has 3 rings (SSSR count). The molecule has 29 heavy (non-hydrogen) atoms. The van der Waals surface area contributed by atoms with E-state index in [1.807, 2.05) is 4.90 Å². The summed E-state index contributed by atoms with van der Waals surface area (Å²) in [5.74, 6) is -2.22. The third-order valence-electron chi connectivity index (χ3n) is 4.79. The highest BCUT2D eigenvalue weighted by Crippen LogP contribution is 2.42. The number of rotatable bonds is 5. The number of anilines is 2. The molecule has 2 aliphatic heterocycles. The van der Waals surface area contributed by atoms with Gasteiger partial charge in [-0.1, -0.05) is 11.8 Å². The Kier molecular flexibility index (Phi) is 6.31. The number of carbonyl (C=O) groups excluding carboxylic acids is 2. The molecule has 10 heteroatoms. The van der Waals surface area contributed by atoms with Gasteiger partial charge < -0.3 is 24.5 Å². The van der Waals surface area contributed by atoms with E-state index in [-0.39, 0.29) is 17.5 Å². The van der Waals surface area contributed by atoms with E-state index in [4.69, 9.17) is 4.74 Å². The maximum Gasteiger partial charge on any atom is 0.348 e. The minimum Gasteiger partial charge on any atom is -0.477 e. The highest BCUT2D eigenvalue weighted by atomic mass is 32.2. The van der Waals surface area contributed by atoms with Crippen molar-refractivity contribution in [2.45, 2.75) is 13.8 Å². The van der Waals surface area contributed by atoms with Crippen molar-refractivity contribution in [3.8, 4) is 0 Å². The topological polar surface area (TPSA) is 90.4 Å². The smallest absolute Gasteiger partial charge is 0.348 e. The van der Waals surface area contributed by atoms with E-state index < -0.39 is 23.3 Å². The second kappa shape index (κ2) is 8.73. The summed E-state index contributed by atoms with van der Waals surface area (Å²) in [5.41, 5.74) is 0.547. The van der Waals surface area contributed by atoms with Gasteiger partial charge in [-0.25, -0.2) is 14.0 Å². The van der Waals surface area contributed by atoms with E-state index in [1.165, 1.54) is 24.8 Å². The summed E-state index contributed by atoms with van der Waals surface area (Å²) in [7, 11) is 0. The molecule has 1 N–H and O–H groups in total. The maximum atomic E-state index is 14.5. The summed E-state index contributed by atoms with van der Waals surface area (Å²) in [6, 6.07) is 4.52. The number of aliphatic carboxylic acids is 1. The zero-order valence-corrected chi connectivity index (χ0v) is 17.0. The van der Waals surface area contributed by atoms with E-state index in [0.29, 0.717) is 43.4 Å². The predicted molar refractivity (Wildman–Crippen MR) is 107 cm³/mol. The number of amides is 1. The largest absolute Gasteiger partial charge is 0.477 e. The number of carboxylic acid groups (broad SMARTS) is 1. The molecule has 1 aromatic rings. The van der Waals surface area contributed by atoms with Gasteiger partial charge in [-0.15, -0.1) is 0 Å². The fraction of sp³-hybridized carbons (Fsp3) is 0.421. The average molecular weight is 423 g/mol. The van der Waals surface area contributed by atoms with Gasteiger partial charge in [-0.2, -0.15) is 0 Å². The van der Waals surface area contributed by atoms with E-state index in [0.717, 1.165) is 0 Å². The molecule has 0 saturated carbocycles. The molecule has 0 atom stereocenters. The molecule has 0 aliphatic carbocycles. The Morgan fingerprint density at radius 1 is 1.21 bits per heavy atom. The SMILES string of the molecule is CCOC(=O)C(C(=O)O)=C1SCN1c1ccc(F)c(N2CCN(C(C)=O)CC2)c1. The second-order valence-electron chi connectivity index (χ2n) is 6.54. The molecule has 156 valence electrons. The van der Waals surface area contributed by atoms with Crippen molar-refractivity contribution >= 4 is 41.0 Å². The Labute approximate surface area is 171 Å². The fourth-order valence-corrected chi connectivity index (χ4v) is 4.19. The van der Waals surface area contributed by atoms with Gasteiger partial charge in [0.15, 0.2) is 5.57 Å². The third-order valence-corrected chi connectivity index (χ3v) is 5.88. The molecule has 8 nitrogen and oxygen atoms in total. The lowest BCUT2D eigenvalue weighted by Gasteiger charge is -2.38. The van der Waals surface area contributed by atoms with Gasteiger partial charge in [0.1, 0.15) is 5.82 Å².